The Morgan fingerprint density at radius 3 is 2.79 bits per heavy atom. The minimum atomic E-state index is -0.470. The fourth-order valence-electron chi connectivity index (χ4n) is 3.02. The molecule has 0 spiro atoms. The quantitative estimate of drug-likeness (QED) is 0.684. The fourth-order valence-corrected chi connectivity index (χ4v) is 6.11. The zero-order chi connectivity index (χ0) is 17.3. The van der Waals surface area contributed by atoms with Crippen LogP contribution >= 0.6 is 0 Å². The summed E-state index contributed by atoms with van der Waals surface area (Å²) in [4.78, 5) is 16.3. The Balaban J connectivity index is 2.00. The van der Waals surface area contributed by atoms with Crippen LogP contribution in [-0.4, -0.2) is 31.0 Å². The number of pyridine rings is 1. The van der Waals surface area contributed by atoms with E-state index in [0.29, 0.717) is 5.56 Å². The molecule has 5 heteroatoms. The molecule has 0 aliphatic heterocycles. The van der Waals surface area contributed by atoms with Gasteiger partial charge in [-0.1, -0.05) is 0 Å². The summed E-state index contributed by atoms with van der Waals surface area (Å²) in [5.74, 6) is -0.388. The number of amides is 1. The van der Waals surface area contributed by atoms with E-state index < -0.39 is 15.8 Å². The molecule has 1 unspecified atom stereocenters. The van der Waals surface area contributed by atoms with Crippen LogP contribution in [-0.2, 0) is 11.6 Å². The van der Waals surface area contributed by atoms with Gasteiger partial charge in [0.25, 0.3) is 0 Å². The third-order valence-electron chi connectivity index (χ3n) is 4.30. The Bertz CT molecular complexity index is 914. The molecule has 0 radical (unpaired) electrons. The van der Waals surface area contributed by atoms with E-state index in [2.05, 4.69) is 37.0 Å². The number of benzene rings is 1. The third kappa shape index (κ3) is 3.25. The summed E-state index contributed by atoms with van der Waals surface area (Å²) in [7, 11) is 0. The maximum absolute atomic E-state index is 11.6. The molecule has 1 atom stereocenters. The van der Waals surface area contributed by atoms with E-state index in [1.807, 2.05) is 23.6 Å². The number of rotatable bonds is 5. The molecule has 3 aromatic rings. The van der Waals surface area contributed by atoms with Crippen molar-refractivity contribution in [2.45, 2.75) is 32.4 Å². The molecule has 1 aromatic carbocycles. The maximum atomic E-state index is 11.6. The van der Waals surface area contributed by atoms with Crippen molar-refractivity contribution in [3.63, 3.8) is 0 Å². The van der Waals surface area contributed by atoms with Crippen molar-refractivity contribution >= 4 is 31.7 Å². The van der Waals surface area contributed by atoms with E-state index in [1.165, 1.54) is 21.0 Å². The van der Waals surface area contributed by atoms with Crippen molar-refractivity contribution in [3.05, 3.63) is 64.6 Å². The third-order valence-corrected chi connectivity index (χ3v) is 6.98. The number of hydrogen-bond donors (Lipinski definition) is 1. The first kappa shape index (κ1) is 16.8. The first-order valence-electron chi connectivity index (χ1n) is 8.10. The van der Waals surface area contributed by atoms with E-state index in [-0.39, 0.29) is 5.91 Å². The van der Waals surface area contributed by atoms with Gasteiger partial charge in [0, 0.05) is 0 Å². The standard InChI is InChI=1S/C19H22AsN3O/c1-4-14-7-5-6-12(2)16(14)9-20-17-8-15(18(21)24)11-23-10-13(3)22-19(17)23/h5-8,10-11,20H,4,9H2,1-3H3,(H2,21,24). The van der Waals surface area contributed by atoms with Gasteiger partial charge in [0.05, 0.1) is 0 Å². The number of hydrogen-bond acceptors (Lipinski definition) is 2. The van der Waals surface area contributed by atoms with Gasteiger partial charge in [0.2, 0.25) is 0 Å². The Morgan fingerprint density at radius 2 is 2.08 bits per heavy atom. The number of primary amides is 1. The van der Waals surface area contributed by atoms with Crippen LogP contribution in [0.25, 0.3) is 5.65 Å². The monoisotopic (exact) mass is 383 g/mol. The van der Waals surface area contributed by atoms with Gasteiger partial charge in [-0.3, -0.25) is 0 Å². The molecule has 0 saturated carbocycles. The number of nitrogens with two attached hydrogens (primary N) is 1. The van der Waals surface area contributed by atoms with Crippen LogP contribution in [0.2, 0.25) is 0 Å². The van der Waals surface area contributed by atoms with E-state index in [0.717, 1.165) is 23.0 Å². The summed E-state index contributed by atoms with van der Waals surface area (Å²) in [5.41, 5.74) is 12.2. The van der Waals surface area contributed by atoms with Gasteiger partial charge in [-0.05, 0) is 0 Å². The van der Waals surface area contributed by atoms with Gasteiger partial charge in [-0.15, -0.1) is 0 Å². The predicted octanol–water partition coefficient (Wildman–Crippen LogP) is 1.87. The number of imidazole rings is 1. The van der Waals surface area contributed by atoms with E-state index in [4.69, 9.17) is 5.73 Å². The molecule has 2 N–H and O–H groups in total. The van der Waals surface area contributed by atoms with Gasteiger partial charge in [-0.2, -0.15) is 0 Å². The van der Waals surface area contributed by atoms with Crippen LogP contribution in [0.4, 0.5) is 0 Å². The summed E-state index contributed by atoms with van der Waals surface area (Å²) >= 11 is -0.470. The first-order valence-corrected chi connectivity index (χ1v) is 10.6. The van der Waals surface area contributed by atoms with Gasteiger partial charge in [0.1, 0.15) is 0 Å². The van der Waals surface area contributed by atoms with Crippen molar-refractivity contribution in [2.75, 3.05) is 0 Å². The zero-order valence-corrected chi connectivity index (χ0v) is 16.4. The molecule has 4 nitrogen and oxygen atoms in total. The second-order valence-corrected chi connectivity index (χ2v) is 8.65. The van der Waals surface area contributed by atoms with Crippen molar-refractivity contribution in [3.8, 4) is 0 Å². The fraction of sp³-hybridized carbons (Fsp3) is 0.263. The Morgan fingerprint density at radius 1 is 1.29 bits per heavy atom. The van der Waals surface area contributed by atoms with Crippen molar-refractivity contribution < 1.29 is 4.79 Å². The molecule has 0 fully saturated rings. The normalized spacial score (nSPS) is 11.6. The number of aryl methyl sites for hydroxylation is 3. The molecular formula is C19H22AsN3O. The van der Waals surface area contributed by atoms with Gasteiger partial charge < -0.3 is 0 Å². The van der Waals surface area contributed by atoms with Crippen LogP contribution < -0.4 is 10.1 Å². The first-order chi connectivity index (χ1) is 11.5. The molecule has 3 rings (SSSR count). The average Bonchev–Trinajstić information content (AvgIpc) is 2.93. The second kappa shape index (κ2) is 6.82. The van der Waals surface area contributed by atoms with Crippen LogP contribution in [0.1, 0.15) is 39.7 Å². The summed E-state index contributed by atoms with van der Waals surface area (Å²) in [6.07, 6.45) is 4.77. The molecule has 2 heterocycles. The van der Waals surface area contributed by atoms with Crippen molar-refractivity contribution in [1.29, 1.82) is 0 Å². The van der Waals surface area contributed by atoms with E-state index in [1.54, 1.807) is 6.20 Å². The molecular weight excluding hydrogens is 361 g/mol. The van der Waals surface area contributed by atoms with Crippen molar-refractivity contribution in [2.24, 2.45) is 5.73 Å². The Kier molecular flexibility index (Phi) is 4.77. The number of fused-ring (bicyclic) bond motifs is 1. The predicted molar refractivity (Wildman–Crippen MR) is 99.5 cm³/mol. The average molecular weight is 383 g/mol. The van der Waals surface area contributed by atoms with Crippen molar-refractivity contribution in [1.82, 2.24) is 9.38 Å². The zero-order valence-electron chi connectivity index (χ0n) is 14.3. The summed E-state index contributed by atoms with van der Waals surface area (Å²) in [5, 5.41) is 1.06. The molecule has 124 valence electrons. The molecule has 2 aromatic heterocycles. The Hall–Kier alpha value is -2.06. The van der Waals surface area contributed by atoms with E-state index >= 15 is 0 Å². The molecule has 0 bridgehead atoms. The summed E-state index contributed by atoms with van der Waals surface area (Å²) in [6.45, 7) is 6.34. The number of aromatic nitrogens is 2. The van der Waals surface area contributed by atoms with Gasteiger partial charge in [-0.25, -0.2) is 0 Å². The molecule has 0 aliphatic rings. The number of nitrogens with zero attached hydrogens (tertiary/aromatic N) is 2. The minimum absolute atomic E-state index is 0.388. The van der Waals surface area contributed by atoms with Crippen LogP contribution in [0.5, 0.6) is 0 Å². The van der Waals surface area contributed by atoms with Crippen LogP contribution in [0.3, 0.4) is 0 Å². The summed E-state index contributed by atoms with van der Waals surface area (Å²) in [6, 6.07) is 8.45. The van der Waals surface area contributed by atoms with Crippen LogP contribution in [0.15, 0.2) is 36.7 Å². The number of carbonyl (C=O) groups excluding carboxylic acids is 1. The van der Waals surface area contributed by atoms with Gasteiger partial charge >= 0.3 is 149 Å². The number of carbonyl (C=O) groups is 1. The second-order valence-electron chi connectivity index (χ2n) is 6.04. The topological polar surface area (TPSA) is 60.4 Å². The van der Waals surface area contributed by atoms with Gasteiger partial charge in [0.15, 0.2) is 0 Å². The SMILES string of the molecule is CCc1cccc(C)c1C[AsH]c1cc(C(N)=O)cn2cc(C)nc12. The summed E-state index contributed by atoms with van der Waals surface area (Å²) < 4.78 is 3.12. The molecule has 0 aliphatic carbocycles. The molecule has 24 heavy (non-hydrogen) atoms. The molecule has 0 saturated heterocycles. The molecule has 1 amide bonds. The van der Waals surface area contributed by atoms with E-state index in [9.17, 15) is 4.79 Å². The Labute approximate surface area is 148 Å². The van der Waals surface area contributed by atoms with Crippen LogP contribution in [0, 0.1) is 13.8 Å².